The molecule has 1 N–H and O–H groups in total. The summed E-state index contributed by atoms with van der Waals surface area (Å²) in [5.74, 6) is 0.280. The fourth-order valence-corrected chi connectivity index (χ4v) is 3.01. The van der Waals surface area contributed by atoms with Crippen LogP contribution in [-0.4, -0.2) is 33.9 Å². The maximum absolute atomic E-state index is 12.7. The maximum atomic E-state index is 12.7. The van der Waals surface area contributed by atoms with Gasteiger partial charge in [0.1, 0.15) is 5.82 Å². The minimum absolute atomic E-state index is 0.0247. The molecule has 1 aliphatic heterocycles. The van der Waals surface area contributed by atoms with Crippen molar-refractivity contribution in [2.75, 3.05) is 23.3 Å². The molecule has 2 aromatic rings. The van der Waals surface area contributed by atoms with E-state index in [1.807, 2.05) is 13.2 Å². The quantitative estimate of drug-likeness (QED) is 0.910. The first kappa shape index (κ1) is 16.9. The van der Waals surface area contributed by atoms with Crippen LogP contribution in [0.25, 0.3) is 0 Å². The molecular weight excluding hydrogens is 343 g/mol. The second kappa shape index (κ2) is 6.51. The zero-order valence-corrected chi connectivity index (χ0v) is 13.8. The number of hydrogen-bond acceptors (Lipinski definition) is 4. The van der Waals surface area contributed by atoms with Crippen molar-refractivity contribution in [2.24, 2.45) is 7.05 Å². The van der Waals surface area contributed by atoms with Crippen molar-refractivity contribution in [1.82, 2.24) is 14.8 Å². The third-order valence-corrected chi connectivity index (χ3v) is 4.28. The molecule has 2 aromatic heterocycles. The van der Waals surface area contributed by atoms with Crippen LogP contribution in [0.3, 0.4) is 0 Å². The summed E-state index contributed by atoms with van der Waals surface area (Å²) < 4.78 is 39.7. The smallest absolute Gasteiger partial charge is 0.367 e. The Morgan fingerprint density at radius 2 is 2.12 bits per heavy atom. The van der Waals surface area contributed by atoms with Gasteiger partial charge in [0.25, 0.3) is 0 Å². The van der Waals surface area contributed by atoms with E-state index in [4.69, 9.17) is 11.6 Å². The van der Waals surface area contributed by atoms with Gasteiger partial charge in [0, 0.05) is 38.6 Å². The van der Waals surface area contributed by atoms with Crippen molar-refractivity contribution in [3.05, 3.63) is 35.2 Å². The molecule has 0 aliphatic carbocycles. The van der Waals surface area contributed by atoms with Crippen LogP contribution in [0.1, 0.15) is 18.4 Å². The first-order chi connectivity index (χ1) is 11.3. The van der Waals surface area contributed by atoms with Crippen LogP contribution >= 0.6 is 11.6 Å². The Hall–Kier alpha value is -1.96. The first-order valence-corrected chi connectivity index (χ1v) is 7.93. The predicted octanol–water partition coefficient (Wildman–Crippen LogP) is 3.57. The van der Waals surface area contributed by atoms with E-state index in [1.54, 1.807) is 10.9 Å². The summed E-state index contributed by atoms with van der Waals surface area (Å²) in [6.07, 6.45) is 1.95. The Morgan fingerprint density at radius 1 is 1.33 bits per heavy atom. The van der Waals surface area contributed by atoms with Crippen molar-refractivity contribution in [3.8, 4) is 0 Å². The average Bonchev–Trinajstić information content (AvgIpc) is 2.95. The lowest BCUT2D eigenvalue weighted by atomic mass is 10.1. The van der Waals surface area contributed by atoms with Gasteiger partial charge in [-0.2, -0.15) is 18.3 Å². The molecule has 0 spiro atoms. The van der Waals surface area contributed by atoms with Crippen LogP contribution in [0.5, 0.6) is 0 Å². The van der Waals surface area contributed by atoms with E-state index in [9.17, 15) is 13.2 Å². The van der Waals surface area contributed by atoms with Crippen molar-refractivity contribution >= 4 is 23.1 Å². The summed E-state index contributed by atoms with van der Waals surface area (Å²) in [5.41, 5.74) is 0.175. The second-order valence-corrected chi connectivity index (χ2v) is 6.26. The lowest BCUT2D eigenvalue weighted by Gasteiger charge is -2.34. The number of piperidine rings is 1. The van der Waals surface area contributed by atoms with Gasteiger partial charge in [0.05, 0.1) is 22.5 Å². The van der Waals surface area contributed by atoms with Gasteiger partial charge in [-0.25, -0.2) is 4.98 Å². The molecule has 3 heterocycles. The highest BCUT2D eigenvalue weighted by Crippen LogP contribution is 2.33. The van der Waals surface area contributed by atoms with E-state index < -0.39 is 11.7 Å². The molecule has 9 heteroatoms. The highest BCUT2D eigenvalue weighted by molar-refractivity contribution is 6.33. The van der Waals surface area contributed by atoms with Gasteiger partial charge in [-0.3, -0.25) is 4.68 Å². The average molecular weight is 360 g/mol. The largest absolute Gasteiger partial charge is 0.417 e. The molecule has 130 valence electrons. The van der Waals surface area contributed by atoms with Crippen LogP contribution in [0.4, 0.5) is 24.7 Å². The predicted molar refractivity (Wildman–Crippen MR) is 86.3 cm³/mol. The standard InChI is InChI=1S/C15H17ClF3N5/c1-23-9-12(7-21-23)24-4-2-3-11(8-24)22-14-13(16)5-10(6-20-14)15(17,18)19/h5-7,9,11H,2-4,8H2,1H3,(H,20,22). The topological polar surface area (TPSA) is 46.0 Å². The molecule has 1 saturated heterocycles. The molecule has 0 saturated carbocycles. The van der Waals surface area contributed by atoms with Crippen LogP contribution < -0.4 is 10.2 Å². The number of aromatic nitrogens is 3. The third kappa shape index (κ3) is 3.75. The number of nitrogens with one attached hydrogen (secondary N) is 1. The molecule has 0 bridgehead atoms. The van der Waals surface area contributed by atoms with Gasteiger partial charge < -0.3 is 10.2 Å². The highest BCUT2D eigenvalue weighted by atomic mass is 35.5. The Kier molecular flexibility index (Phi) is 4.58. The van der Waals surface area contributed by atoms with Crippen LogP contribution in [0.15, 0.2) is 24.7 Å². The monoisotopic (exact) mass is 359 g/mol. The zero-order valence-electron chi connectivity index (χ0n) is 13.0. The Bertz CT molecular complexity index is 715. The summed E-state index contributed by atoms with van der Waals surface area (Å²) in [4.78, 5) is 6.03. The molecule has 24 heavy (non-hydrogen) atoms. The third-order valence-electron chi connectivity index (χ3n) is 3.99. The van der Waals surface area contributed by atoms with Crippen molar-refractivity contribution in [1.29, 1.82) is 0 Å². The summed E-state index contributed by atoms with van der Waals surface area (Å²) in [6, 6.07) is 0.958. The minimum atomic E-state index is -4.45. The molecule has 0 aromatic carbocycles. The molecule has 0 amide bonds. The number of anilines is 2. The molecule has 1 fully saturated rings. The first-order valence-electron chi connectivity index (χ1n) is 7.56. The molecule has 1 unspecified atom stereocenters. The number of nitrogens with zero attached hydrogens (tertiary/aromatic N) is 4. The summed E-state index contributed by atoms with van der Waals surface area (Å²) in [6.45, 7) is 1.63. The Morgan fingerprint density at radius 3 is 2.75 bits per heavy atom. The highest BCUT2D eigenvalue weighted by Gasteiger charge is 2.32. The number of hydrogen-bond donors (Lipinski definition) is 1. The van der Waals surface area contributed by atoms with E-state index in [2.05, 4.69) is 20.3 Å². The number of aryl methyl sites for hydroxylation is 1. The lowest BCUT2D eigenvalue weighted by Crippen LogP contribution is -2.42. The summed E-state index contributed by atoms with van der Waals surface area (Å²) >= 11 is 5.96. The van der Waals surface area contributed by atoms with Gasteiger partial charge >= 0.3 is 6.18 Å². The van der Waals surface area contributed by atoms with E-state index in [-0.39, 0.29) is 16.9 Å². The van der Waals surface area contributed by atoms with Gasteiger partial charge in [0.15, 0.2) is 0 Å². The van der Waals surface area contributed by atoms with Crippen molar-refractivity contribution in [3.63, 3.8) is 0 Å². The molecule has 0 radical (unpaired) electrons. The fraction of sp³-hybridized carbons (Fsp3) is 0.467. The molecule has 3 rings (SSSR count). The Balaban J connectivity index is 1.69. The van der Waals surface area contributed by atoms with Crippen LogP contribution in [0, 0.1) is 0 Å². The number of halogens is 4. The number of alkyl halides is 3. The van der Waals surface area contributed by atoms with Crippen molar-refractivity contribution < 1.29 is 13.2 Å². The lowest BCUT2D eigenvalue weighted by molar-refractivity contribution is -0.137. The minimum Gasteiger partial charge on any atom is -0.367 e. The zero-order chi connectivity index (χ0) is 17.3. The molecular formula is C15H17ClF3N5. The number of pyridine rings is 1. The van der Waals surface area contributed by atoms with Crippen LogP contribution in [-0.2, 0) is 13.2 Å². The van der Waals surface area contributed by atoms with E-state index in [1.165, 1.54) is 0 Å². The normalized spacial score (nSPS) is 18.7. The van der Waals surface area contributed by atoms with E-state index in [0.717, 1.165) is 37.3 Å². The Labute approximate surface area is 142 Å². The second-order valence-electron chi connectivity index (χ2n) is 5.85. The fourth-order valence-electron chi connectivity index (χ4n) is 2.79. The molecule has 1 aliphatic rings. The van der Waals surface area contributed by atoms with E-state index in [0.29, 0.717) is 6.54 Å². The van der Waals surface area contributed by atoms with Gasteiger partial charge in [0.2, 0.25) is 0 Å². The maximum Gasteiger partial charge on any atom is 0.417 e. The molecule has 1 atom stereocenters. The van der Waals surface area contributed by atoms with Crippen molar-refractivity contribution in [2.45, 2.75) is 25.1 Å². The SMILES string of the molecule is Cn1cc(N2CCCC(Nc3ncc(C(F)(F)F)cc3Cl)C2)cn1. The summed E-state index contributed by atoms with van der Waals surface area (Å²) in [7, 11) is 1.86. The number of rotatable bonds is 3. The van der Waals surface area contributed by atoms with Gasteiger partial charge in [-0.15, -0.1) is 0 Å². The summed E-state index contributed by atoms with van der Waals surface area (Å²) in [5, 5.41) is 7.29. The molecule has 5 nitrogen and oxygen atoms in total. The van der Waals surface area contributed by atoms with Gasteiger partial charge in [-0.1, -0.05) is 11.6 Å². The van der Waals surface area contributed by atoms with Gasteiger partial charge in [-0.05, 0) is 18.9 Å². The van der Waals surface area contributed by atoms with E-state index >= 15 is 0 Å². The van der Waals surface area contributed by atoms with Crippen LogP contribution in [0.2, 0.25) is 5.02 Å².